The molecule has 1 saturated heterocycles. The third-order valence-electron chi connectivity index (χ3n) is 3.77. The number of nitrogens with zero attached hydrogens (tertiary/aromatic N) is 2. The van der Waals surface area contributed by atoms with Gasteiger partial charge in [-0.1, -0.05) is 13.0 Å². The van der Waals surface area contributed by atoms with Gasteiger partial charge in [0.2, 0.25) is 0 Å². The second-order valence-electron chi connectivity index (χ2n) is 5.21. The van der Waals surface area contributed by atoms with Gasteiger partial charge < -0.3 is 10.0 Å². The van der Waals surface area contributed by atoms with Crippen LogP contribution in [-0.2, 0) is 15.0 Å². The van der Waals surface area contributed by atoms with Gasteiger partial charge in [0, 0.05) is 30.4 Å². The molecule has 1 aliphatic heterocycles. The Kier molecular flexibility index (Phi) is 3.65. The summed E-state index contributed by atoms with van der Waals surface area (Å²) < 4.78 is 37.6. The van der Waals surface area contributed by atoms with Crippen LogP contribution in [0, 0.1) is 5.92 Å². The van der Waals surface area contributed by atoms with Crippen LogP contribution in [0.3, 0.4) is 0 Å². The number of carbonyl (C=O) groups is 2. The van der Waals surface area contributed by atoms with Gasteiger partial charge in [0.15, 0.2) is 0 Å². The van der Waals surface area contributed by atoms with Gasteiger partial charge >= 0.3 is 18.1 Å². The zero-order chi connectivity index (χ0) is 15.8. The first kappa shape index (κ1) is 15.3. The second kappa shape index (κ2) is 5.01. The minimum Gasteiger partial charge on any atom is -0.481 e. The van der Waals surface area contributed by atoms with Gasteiger partial charge in [-0.3, -0.25) is 14.6 Å². The molecule has 8 heteroatoms. The molecule has 1 aromatic heterocycles. The van der Waals surface area contributed by atoms with Crippen molar-refractivity contribution in [2.24, 2.45) is 5.92 Å². The minimum atomic E-state index is -5.02. The van der Waals surface area contributed by atoms with E-state index in [0.29, 0.717) is 10.6 Å². The number of rotatable bonds is 2. The van der Waals surface area contributed by atoms with Crippen molar-refractivity contribution in [2.45, 2.75) is 18.5 Å². The summed E-state index contributed by atoms with van der Waals surface area (Å²) in [6, 6.07) is 4.80. The molecule has 1 amide bonds. The van der Waals surface area contributed by atoms with Gasteiger partial charge in [-0.25, -0.2) is 0 Å². The second-order valence-corrected chi connectivity index (χ2v) is 5.21. The molecule has 0 aliphatic carbocycles. The molecule has 0 spiro atoms. The van der Waals surface area contributed by atoms with E-state index < -0.39 is 35.9 Å². The minimum absolute atomic E-state index is 0.334. The average Bonchev–Trinajstić information content (AvgIpc) is 2.77. The number of hydrogen-bond acceptors (Lipinski definition) is 3. The van der Waals surface area contributed by atoms with Crippen molar-refractivity contribution in [2.75, 3.05) is 13.1 Å². The van der Waals surface area contributed by atoms with E-state index in [1.54, 1.807) is 18.2 Å². The summed E-state index contributed by atoms with van der Waals surface area (Å²) in [4.78, 5) is 27.3. The van der Waals surface area contributed by atoms with Crippen molar-refractivity contribution in [3.8, 4) is 0 Å². The number of halogens is 3. The Morgan fingerprint density at radius 2 is 2.10 bits per heavy atom. The van der Waals surface area contributed by atoms with Gasteiger partial charge in [0.1, 0.15) is 0 Å². The molecule has 0 bridgehead atoms. The normalized spacial score (nSPS) is 25.9. The first-order valence-corrected chi connectivity index (χ1v) is 6.16. The fourth-order valence-electron chi connectivity index (χ4n) is 2.64. The Morgan fingerprint density at radius 3 is 2.57 bits per heavy atom. The van der Waals surface area contributed by atoms with E-state index >= 15 is 0 Å². The zero-order valence-corrected chi connectivity index (χ0v) is 11.1. The maximum Gasteiger partial charge on any atom is 0.471 e. The lowest BCUT2D eigenvalue weighted by Crippen LogP contribution is -2.41. The molecule has 1 N–H and O–H groups in total. The van der Waals surface area contributed by atoms with E-state index in [1.807, 2.05) is 0 Å². The smallest absolute Gasteiger partial charge is 0.471 e. The first-order chi connectivity index (χ1) is 9.66. The number of amides is 1. The number of carbonyl (C=O) groups excluding carboxylic acids is 1. The predicted molar refractivity (Wildman–Crippen MR) is 65.3 cm³/mol. The molecule has 2 rings (SSSR count). The van der Waals surface area contributed by atoms with E-state index in [1.165, 1.54) is 13.1 Å². The maximum absolute atomic E-state index is 12.5. The van der Waals surface area contributed by atoms with E-state index in [0.717, 1.165) is 0 Å². The molecule has 2 atom stereocenters. The molecule has 0 unspecified atom stereocenters. The van der Waals surface area contributed by atoms with Gasteiger partial charge in [-0.05, 0) is 12.1 Å². The number of aliphatic carboxylic acids is 1. The third-order valence-corrected chi connectivity index (χ3v) is 3.77. The fraction of sp³-hybridized carbons (Fsp3) is 0.462. The topological polar surface area (TPSA) is 70.5 Å². The summed E-state index contributed by atoms with van der Waals surface area (Å²) >= 11 is 0. The van der Waals surface area contributed by atoms with Crippen LogP contribution in [0.25, 0.3) is 0 Å². The average molecular weight is 302 g/mol. The molecule has 0 radical (unpaired) electrons. The lowest BCUT2D eigenvalue weighted by molar-refractivity contribution is -0.184. The van der Waals surface area contributed by atoms with Crippen molar-refractivity contribution in [3.05, 3.63) is 30.1 Å². The summed E-state index contributed by atoms with van der Waals surface area (Å²) in [6.07, 6.45) is -3.58. The SMILES string of the molecule is C[C@@]1(c2ccccn2)CN(C(=O)C(F)(F)F)C[C@H]1C(=O)O. The molecule has 114 valence electrons. The van der Waals surface area contributed by atoms with Gasteiger partial charge in [-0.15, -0.1) is 0 Å². The third kappa shape index (κ3) is 2.70. The number of hydrogen-bond donors (Lipinski definition) is 1. The summed E-state index contributed by atoms with van der Waals surface area (Å²) in [5.41, 5.74) is -0.802. The van der Waals surface area contributed by atoms with E-state index in [9.17, 15) is 27.9 Å². The lowest BCUT2D eigenvalue weighted by atomic mass is 9.77. The van der Waals surface area contributed by atoms with Crippen molar-refractivity contribution < 1.29 is 27.9 Å². The Balaban J connectivity index is 2.37. The Bertz CT molecular complexity index is 562. The number of carboxylic acids is 1. The fourth-order valence-corrected chi connectivity index (χ4v) is 2.64. The molecule has 5 nitrogen and oxygen atoms in total. The highest BCUT2D eigenvalue weighted by molar-refractivity contribution is 5.84. The van der Waals surface area contributed by atoms with E-state index in [4.69, 9.17) is 0 Å². The summed E-state index contributed by atoms with van der Waals surface area (Å²) in [5, 5.41) is 9.27. The van der Waals surface area contributed by atoms with Crippen molar-refractivity contribution in [1.82, 2.24) is 9.88 Å². The Hall–Kier alpha value is -2.12. The molecule has 1 aromatic rings. The van der Waals surface area contributed by atoms with Crippen LogP contribution < -0.4 is 0 Å². The zero-order valence-electron chi connectivity index (χ0n) is 11.1. The van der Waals surface area contributed by atoms with Crippen molar-refractivity contribution in [1.29, 1.82) is 0 Å². The maximum atomic E-state index is 12.5. The standard InChI is InChI=1S/C13H13F3N2O3/c1-12(9-4-2-3-5-17-9)7-18(6-8(12)10(19)20)11(21)13(14,15)16/h2-5,8H,6-7H2,1H3,(H,19,20)/t8-,12+/m0/s1. The first-order valence-electron chi connectivity index (χ1n) is 6.16. The molecule has 1 fully saturated rings. The van der Waals surface area contributed by atoms with E-state index in [2.05, 4.69) is 4.98 Å². The molecule has 2 heterocycles. The van der Waals surface area contributed by atoms with Crippen LogP contribution in [0.15, 0.2) is 24.4 Å². The van der Waals surface area contributed by atoms with Crippen LogP contribution in [0.5, 0.6) is 0 Å². The molecular weight excluding hydrogens is 289 g/mol. The van der Waals surface area contributed by atoms with Crippen LogP contribution >= 0.6 is 0 Å². The lowest BCUT2D eigenvalue weighted by Gasteiger charge is -2.27. The number of alkyl halides is 3. The van der Waals surface area contributed by atoms with Gasteiger partial charge in [-0.2, -0.15) is 13.2 Å². The molecule has 0 aromatic carbocycles. The van der Waals surface area contributed by atoms with Gasteiger partial charge in [0.05, 0.1) is 5.92 Å². The molecule has 21 heavy (non-hydrogen) atoms. The number of aromatic nitrogens is 1. The summed E-state index contributed by atoms with van der Waals surface area (Å²) in [6.45, 7) is 0.692. The Morgan fingerprint density at radius 1 is 1.43 bits per heavy atom. The quantitative estimate of drug-likeness (QED) is 0.897. The molecule has 1 aliphatic rings. The highest BCUT2D eigenvalue weighted by Gasteiger charge is 2.54. The van der Waals surface area contributed by atoms with Crippen LogP contribution in [0.2, 0.25) is 0 Å². The number of pyridine rings is 1. The van der Waals surface area contributed by atoms with Crippen molar-refractivity contribution >= 4 is 11.9 Å². The van der Waals surface area contributed by atoms with Gasteiger partial charge in [0.25, 0.3) is 0 Å². The van der Waals surface area contributed by atoms with E-state index in [-0.39, 0.29) is 6.54 Å². The predicted octanol–water partition coefficient (Wildman–Crippen LogP) is 1.44. The van der Waals surface area contributed by atoms with Crippen LogP contribution in [0.1, 0.15) is 12.6 Å². The summed E-state index contributed by atoms with van der Waals surface area (Å²) in [5.74, 6) is -4.41. The largest absolute Gasteiger partial charge is 0.481 e. The van der Waals surface area contributed by atoms with Crippen LogP contribution in [-0.4, -0.2) is 46.1 Å². The van der Waals surface area contributed by atoms with Crippen molar-refractivity contribution in [3.63, 3.8) is 0 Å². The number of likely N-dealkylation sites (tertiary alicyclic amines) is 1. The molecular formula is C13H13F3N2O3. The monoisotopic (exact) mass is 302 g/mol. The van der Waals surface area contributed by atoms with Crippen LogP contribution in [0.4, 0.5) is 13.2 Å². The Labute approximate surface area is 118 Å². The molecule has 0 saturated carbocycles. The summed E-state index contributed by atoms with van der Waals surface area (Å²) in [7, 11) is 0. The highest BCUT2D eigenvalue weighted by atomic mass is 19.4. The highest BCUT2D eigenvalue weighted by Crippen LogP contribution is 2.39. The number of carboxylic acid groups (broad SMARTS) is 1.